The van der Waals surface area contributed by atoms with Gasteiger partial charge < -0.3 is 0 Å². The van der Waals surface area contributed by atoms with E-state index in [-0.39, 0.29) is 0 Å². The number of allylic oxidation sites excluding steroid dienone is 6. The second-order valence-electron chi connectivity index (χ2n) is 12.3. The molecule has 5 nitrogen and oxygen atoms in total. The van der Waals surface area contributed by atoms with E-state index in [9.17, 15) is 0 Å². The molecule has 1 aliphatic rings. The number of hydrogen-bond acceptors (Lipinski definition) is 7. The number of ether oxygens (including phenoxy) is 1. The molecule has 3 heterocycles. The average molecular weight is 907 g/mol. The SMILES string of the molecule is CC=C1COCC1=CC(/C=C/c1cc2c(cc(/C=C/C)c3nsnc32)c2nsnc12)=C([C]#[Os])[P+](c1ccccc1)(c1ccccc1)c1ccccc1. The molecule has 0 saturated carbocycles. The molecule has 0 amide bonds. The van der Waals surface area contributed by atoms with Gasteiger partial charge in [-0.2, -0.15) is 0 Å². The van der Waals surface area contributed by atoms with Gasteiger partial charge in [-0.05, 0) is 6.92 Å². The van der Waals surface area contributed by atoms with Crippen molar-refractivity contribution < 1.29 is 22.7 Å². The molecule has 0 bridgehead atoms. The van der Waals surface area contributed by atoms with Gasteiger partial charge in [0.2, 0.25) is 0 Å². The Hall–Kier alpha value is -4.49. The first-order valence-electron chi connectivity index (χ1n) is 16.9. The van der Waals surface area contributed by atoms with Crippen LogP contribution in [0.25, 0.3) is 45.0 Å². The maximum atomic E-state index is 6.01. The number of aromatic nitrogens is 4. The Morgan fingerprint density at radius 1 is 0.673 bits per heavy atom. The first kappa shape index (κ1) is 34.6. The molecule has 0 aliphatic carbocycles. The Bertz CT molecular complexity index is 2540. The van der Waals surface area contributed by atoms with Crippen molar-refractivity contribution in [1.29, 1.82) is 0 Å². The third-order valence-electron chi connectivity index (χ3n) is 9.44. The van der Waals surface area contributed by atoms with Crippen molar-refractivity contribution in [3.63, 3.8) is 0 Å². The minimum atomic E-state index is -2.47. The van der Waals surface area contributed by atoms with E-state index >= 15 is 0 Å². The average Bonchev–Trinajstić information content (AvgIpc) is 3.99. The van der Waals surface area contributed by atoms with Crippen molar-refractivity contribution in [1.82, 2.24) is 17.5 Å². The molecule has 1 saturated heterocycles. The van der Waals surface area contributed by atoms with E-state index in [1.165, 1.54) is 50.5 Å². The van der Waals surface area contributed by atoms with Gasteiger partial charge >= 0.3 is 311 Å². The molecule has 8 rings (SSSR count). The molecule has 9 heteroatoms. The Balaban J connectivity index is 1.45. The molecule has 1 fully saturated rings. The predicted molar refractivity (Wildman–Crippen MR) is 218 cm³/mol. The van der Waals surface area contributed by atoms with Crippen LogP contribution >= 0.6 is 30.7 Å². The van der Waals surface area contributed by atoms with E-state index in [0.29, 0.717) is 13.2 Å². The summed E-state index contributed by atoms with van der Waals surface area (Å²) in [5, 5.41) is 7.03. The molecule has 7 aromatic rings. The van der Waals surface area contributed by atoms with E-state index < -0.39 is 7.26 Å². The number of rotatable bonds is 8. The summed E-state index contributed by atoms with van der Waals surface area (Å²) in [4.78, 5) is 0. The van der Waals surface area contributed by atoms with E-state index in [1.54, 1.807) is 17.9 Å². The molecule has 0 unspecified atom stereocenters. The molecule has 0 N–H and O–H groups in total. The predicted octanol–water partition coefficient (Wildman–Crippen LogP) is 9.55. The van der Waals surface area contributed by atoms with Crippen LogP contribution in [-0.4, -0.2) is 30.7 Å². The molecule has 255 valence electrons. The fourth-order valence-electron chi connectivity index (χ4n) is 7.05. The summed E-state index contributed by atoms with van der Waals surface area (Å²) in [6.45, 7) is 5.27. The second-order valence-corrected chi connectivity index (χ2v) is 17.4. The van der Waals surface area contributed by atoms with Crippen LogP contribution in [0.2, 0.25) is 0 Å². The Labute approximate surface area is 321 Å². The van der Waals surface area contributed by atoms with Crippen LogP contribution in [0.3, 0.4) is 0 Å². The van der Waals surface area contributed by atoms with E-state index in [0.717, 1.165) is 54.9 Å². The molecule has 0 radical (unpaired) electrons. The van der Waals surface area contributed by atoms with Gasteiger partial charge in [-0.3, -0.25) is 0 Å². The van der Waals surface area contributed by atoms with Crippen molar-refractivity contribution in [3.05, 3.63) is 161 Å². The molecule has 2 aromatic heterocycles. The summed E-state index contributed by atoms with van der Waals surface area (Å²) in [5.41, 5.74) is 9.02. The molecule has 0 atom stereocenters. The van der Waals surface area contributed by atoms with Gasteiger partial charge in [0.05, 0.1) is 0 Å². The third kappa shape index (κ3) is 6.11. The van der Waals surface area contributed by atoms with Crippen LogP contribution in [0, 0.1) is 4.37 Å². The topological polar surface area (TPSA) is 60.8 Å². The monoisotopic (exact) mass is 908 g/mol. The minimum absolute atomic E-state index is 0.559. The first-order valence-corrected chi connectivity index (χ1v) is 21.4. The van der Waals surface area contributed by atoms with Gasteiger partial charge in [-0.15, -0.1) is 0 Å². The zero-order valence-corrected chi connectivity index (χ0v) is 33.6. The molecular formula is C43H33N4OOsPS2+. The normalized spacial score (nSPS) is 15.9. The van der Waals surface area contributed by atoms with Crippen LogP contribution in [0.5, 0.6) is 0 Å². The fourth-order valence-corrected chi connectivity index (χ4v) is 14.0. The number of nitrogens with zero attached hydrogens (tertiary/aromatic N) is 4. The number of hydrogen-bond donors (Lipinski definition) is 0. The van der Waals surface area contributed by atoms with E-state index in [1.807, 2.05) is 13.0 Å². The van der Waals surface area contributed by atoms with Crippen LogP contribution in [0.1, 0.15) is 25.0 Å². The number of benzene rings is 5. The van der Waals surface area contributed by atoms with Gasteiger partial charge in [0, 0.05) is 0 Å². The number of fused-ring (bicyclic) bond motifs is 5. The summed E-state index contributed by atoms with van der Waals surface area (Å²) in [6.07, 6.45) is 13.1. The van der Waals surface area contributed by atoms with Gasteiger partial charge in [0.15, 0.2) is 0 Å². The molecule has 1 aliphatic heterocycles. The van der Waals surface area contributed by atoms with Gasteiger partial charge in [-0.25, -0.2) is 0 Å². The van der Waals surface area contributed by atoms with Crippen molar-refractivity contribution in [3.8, 4) is 4.37 Å². The summed E-state index contributed by atoms with van der Waals surface area (Å²) in [6, 6.07) is 37.2. The molecular weight excluding hydrogens is 874 g/mol. The summed E-state index contributed by atoms with van der Waals surface area (Å²) >= 11 is 4.27. The van der Waals surface area contributed by atoms with E-state index in [2.05, 4.69) is 149 Å². The van der Waals surface area contributed by atoms with Crippen molar-refractivity contribution >= 4 is 91.6 Å². The van der Waals surface area contributed by atoms with Crippen molar-refractivity contribution in [2.24, 2.45) is 0 Å². The standard InChI is InChI=1S/C43H33N4OPS2.Os/c1-4-15-32-25-38-39(42-40(32)44-50-46-42)26-33(41-43(38)47-51-45-41)23-22-31(24-34-28-48-27-30(34)5-2)29(3)49(35-16-9-6-10-17-35,36-18-11-7-12-19-36)37-20-13-8-14-21-37;/h4-26H,27-28H2,1-2H3;/q+1;/b15-4+,23-22+,30-5?,31-29?,34-24?;. The quantitative estimate of drug-likeness (QED) is 0.112. The zero-order valence-electron chi connectivity index (χ0n) is 28.5. The maximum absolute atomic E-state index is 6.01. The third-order valence-corrected chi connectivity index (χ3v) is 15.9. The molecule has 0 spiro atoms. The fraction of sp³-hybridized carbons (Fsp3) is 0.0930. The summed E-state index contributed by atoms with van der Waals surface area (Å²) in [7, 11) is -2.47. The van der Waals surface area contributed by atoms with Crippen LogP contribution in [0.4, 0.5) is 0 Å². The summed E-state index contributed by atoms with van der Waals surface area (Å²) < 4.78 is 28.9. The van der Waals surface area contributed by atoms with Crippen molar-refractivity contribution in [2.45, 2.75) is 13.8 Å². The van der Waals surface area contributed by atoms with Gasteiger partial charge in [0.25, 0.3) is 0 Å². The Morgan fingerprint density at radius 3 is 1.63 bits per heavy atom. The van der Waals surface area contributed by atoms with Crippen molar-refractivity contribution in [2.75, 3.05) is 13.2 Å². The first-order chi connectivity index (χ1) is 25.7. The van der Waals surface area contributed by atoms with Crippen LogP contribution in [-0.2, 0) is 22.7 Å². The van der Waals surface area contributed by atoms with Gasteiger partial charge in [-0.1, -0.05) is 6.08 Å². The van der Waals surface area contributed by atoms with E-state index in [4.69, 9.17) is 17.9 Å². The zero-order chi connectivity index (χ0) is 35.5. The van der Waals surface area contributed by atoms with Crippen LogP contribution < -0.4 is 15.9 Å². The Kier molecular flexibility index (Phi) is 10.1. The molecule has 5 aromatic carbocycles. The van der Waals surface area contributed by atoms with Crippen LogP contribution in [0.15, 0.2) is 149 Å². The molecule has 52 heavy (non-hydrogen) atoms. The van der Waals surface area contributed by atoms with Gasteiger partial charge in [0.1, 0.15) is 0 Å². The Morgan fingerprint density at radius 2 is 1.15 bits per heavy atom. The summed E-state index contributed by atoms with van der Waals surface area (Å²) in [5.74, 6) is 0. The second kappa shape index (κ2) is 15.2.